The summed E-state index contributed by atoms with van der Waals surface area (Å²) in [7, 11) is 0. The van der Waals surface area contributed by atoms with Crippen molar-refractivity contribution in [2.24, 2.45) is 0 Å². The number of rotatable bonds is 10. The van der Waals surface area contributed by atoms with E-state index in [1.165, 1.54) is 9.75 Å². The number of hydrogen-bond acceptors (Lipinski definition) is 8. The highest BCUT2D eigenvalue weighted by molar-refractivity contribution is 9.13. The summed E-state index contributed by atoms with van der Waals surface area (Å²) in [6.07, 6.45) is 8.17. The molecule has 0 aliphatic rings. The zero-order valence-corrected chi connectivity index (χ0v) is 26.1. The second-order valence-corrected chi connectivity index (χ2v) is 12.5. The summed E-state index contributed by atoms with van der Waals surface area (Å²) < 4.78 is 14.4. The molecule has 0 saturated carbocycles. The molecular formula is C22H16Br4N4O4S2. The molecule has 0 aromatic carbocycles. The van der Waals surface area contributed by atoms with E-state index in [1.807, 2.05) is 10.8 Å². The van der Waals surface area contributed by atoms with Crippen molar-refractivity contribution >= 4 is 98.3 Å². The van der Waals surface area contributed by atoms with E-state index in [2.05, 4.69) is 83.7 Å². The van der Waals surface area contributed by atoms with Gasteiger partial charge in [0.25, 0.3) is 0 Å². The summed E-state index contributed by atoms with van der Waals surface area (Å²) in [5, 5.41) is 4.04. The van der Waals surface area contributed by atoms with Gasteiger partial charge in [0.05, 0.1) is 12.4 Å². The van der Waals surface area contributed by atoms with Crippen molar-refractivity contribution in [3.8, 4) is 12.0 Å². The molecule has 4 aromatic heterocycles. The van der Waals surface area contributed by atoms with Crippen molar-refractivity contribution in [1.29, 1.82) is 0 Å². The number of carbonyl (C=O) groups excluding carboxylic acids is 2. The maximum absolute atomic E-state index is 12.0. The van der Waals surface area contributed by atoms with Crippen molar-refractivity contribution in [3.05, 3.63) is 74.3 Å². The highest BCUT2D eigenvalue weighted by atomic mass is 79.9. The molecule has 0 bridgehead atoms. The number of aromatic amines is 2. The van der Waals surface area contributed by atoms with Gasteiger partial charge in [0.2, 0.25) is 0 Å². The van der Waals surface area contributed by atoms with Gasteiger partial charge in [-0.15, -0.1) is 22.7 Å². The number of carbonyl (C=O) groups is 2. The van der Waals surface area contributed by atoms with Crippen LogP contribution < -0.4 is 9.47 Å². The monoisotopic (exact) mass is 780 g/mol. The largest absolute Gasteiger partial charge is 0.389 e. The van der Waals surface area contributed by atoms with Crippen LogP contribution in [-0.4, -0.2) is 31.9 Å². The minimum absolute atomic E-state index is 0.0551. The first-order chi connectivity index (χ1) is 17.3. The lowest BCUT2D eigenvalue weighted by molar-refractivity contribution is -0.132. The maximum Gasteiger partial charge on any atom is 0.338 e. The van der Waals surface area contributed by atoms with Crippen LogP contribution in [0.3, 0.4) is 0 Å². The predicted octanol–water partition coefficient (Wildman–Crippen LogP) is 6.94. The number of halogens is 4. The van der Waals surface area contributed by atoms with Gasteiger partial charge in [-0.3, -0.25) is 0 Å². The molecule has 0 fully saturated rings. The number of H-pyrrole nitrogens is 2. The third-order valence-electron chi connectivity index (χ3n) is 4.72. The van der Waals surface area contributed by atoms with Gasteiger partial charge < -0.3 is 19.4 Å². The third-order valence-corrected chi connectivity index (χ3v) is 12.1. The van der Waals surface area contributed by atoms with Gasteiger partial charge in [-0.05, 0) is 89.4 Å². The first-order valence-corrected chi connectivity index (χ1v) is 15.2. The number of ether oxygens (including phenoxy) is 2. The molecule has 4 heterocycles. The van der Waals surface area contributed by atoms with Crippen molar-refractivity contribution in [1.82, 2.24) is 19.9 Å². The summed E-state index contributed by atoms with van der Waals surface area (Å²) >= 11 is 17.3. The molecule has 2 N–H and O–H groups in total. The van der Waals surface area contributed by atoms with E-state index in [0.29, 0.717) is 12.8 Å². The molecule has 14 heteroatoms. The number of nitrogens with one attached hydrogen (secondary N) is 2. The fourth-order valence-electron chi connectivity index (χ4n) is 2.98. The van der Waals surface area contributed by atoms with Crippen molar-refractivity contribution in [2.75, 3.05) is 0 Å². The number of hydrogen-bond donors (Lipinski definition) is 2. The highest BCUT2D eigenvalue weighted by Gasteiger charge is 2.12. The fraction of sp³-hybridized carbons (Fsp3) is 0.182. The predicted molar refractivity (Wildman–Crippen MR) is 152 cm³/mol. The van der Waals surface area contributed by atoms with Gasteiger partial charge in [-0.25, -0.2) is 19.6 Å². The average molecular weight is 784 g/mol. The summed E-state index contributed by atoms with van der Waals surface area (Å²) in [4.78, 5) is 40.5. The number of imidazole rings is 2. The smallest absolute Gasteiger partial charge is 0.338 e. The van der Waals surface area contributed by atoms with Gasteiger partial charge >= 0.3 is 24.0 Å². The Morgan fingerprint density at radius 2 is 1.17 bits per heavy atom. The highest BCUT2D eigenvalue weighted by Crippen LogP contribution is 2.34. The lowest BCUT2D eigenvalue weighted by atomic mass is 10.2. The van der Waals surface area contributed by atoms with Crippen LogP contribution in [0, 0.1) is 0 Å². The molecular weight excluding hydrogens is 768 g/mol. The van der Waals surface area contributed by atoms with Crippen LogP contribution in [0.2, 0.25) is 0 Å². The Kier molecular flexibility index (Phi) is 9.75. The SMILES string of the molecule is O=C(/C=C/C(=O)Oc1ncc(CCc2scc(Br)c2Br)[nH]1)Oc1ncc(CCc2scc(Br)c2Br)[nH]1. The van der Waals surface area contributed by atoms with Gasteiger partial charge in [-0.1, -0.05) is 0 Å². The molecule has 4 rings (SSSR count). The van der Waals surface area contributed by atoms with Gasteiger partial charge in [0.15, 0.2) is 0 Å². The lowest BCUT2D eigenvalue weighted by Crippen LogP contribution is -2.09. The minimum atomic E-state index is -0.759. The zero-order chi connectivity index (χ0) is 25.7. The summed E-state index contributed by atoms with van der Waals surface area (Å²) in [5.74, 6) is -1.52. The van der Waals surface area contributed by atoms with E-state index in [1.54, 1.807) is 35.1 Å². The molecule has 188 valence electrons. The molecule has 4 aromatic rings. The number of thiophene rings is 2. The number of esters is 2. The molecule has 0 unspecified atom stereocenters. The first kappa shape index (κ1) is 27.5. The van der Waals surface area contributed by atoms with E-state index in [9.17, 15) is 9.59 Å². The van der Waals surface area contributed by atoms with Crippen molar-refractivity contribution in [3.63, 3.8) is 0 Å². The third kappa shape index (κ3) is 7.48. The van der Waals surface area contributed by atoms with Crippen LogP contribution in [0.15, 0.2) is 53.2 Å². The molecule has 0 aliphatic carbocycles. The Hall–Kier alpha value is -1.58. The van der Waals surface area contributed by atoms with Crippen molar-refractivity contribution in [2.45, 2.75) is 25.7 Å². The van der Waals surface area contributed by atoms with E-state index in [0.717, 1.165) is 54.3 Å². The number of aryl methyl sites for hydroxylation is 4. The maximum atomic E-state index is 12.0. The Bertz CT molecular complexity index is 1300. The van der Waals surface area contributed by atoms with Crippen LogP contribution >= 0.6 is 86.4 Å². The van der Waals surface area contributed by atoms with Crippen LogP contribution in [0.1, 0.15) is 21.1 Å². The quantitative estimate of drug-likeness (QED) is 0.133. The van der Waals surface area contributed by atoms with E-state index >= 15 is 0 Å². The van der Waals surface area contributed by atoms with E-state index in [4.69, 9.17) is 9.47 Å². The molecule has 0 atom stereocenters. The average Bonchev–Trinajstić information content (AvgIpc) is 3.63. The van der Waals surface area contributed by atoms with Gasteiger partial charge in [-0.2, -0.15) is 0 Å². The fourth-order valence-corrected chi connectivity index (χ4v) is 7.37. The summed E-state index contributed by atoms with van der Waals surface area (Å²) in [5.41, 5.74) is 1.65. The number of aromatic nitrogens is 4. The second-order valence-electron chi connectivity index (χ2n) is 7.24. The van der Waals surface area contributed by atoms with Crippen LogP contribution in [0.25, 0.3) is 0 Å². The molecule has 0 spiro atoms. The minimum Gasteiger partial charge on any atom is -0.389 e. The lowest BCUT2D eigenvalue weighted by Gasteiger charge is -1.99. The molecule has 36 heavy (non-hydrogen) atoms. The number of nitrogens with zero attached hydrogens (tertiary/aromatic N) is 2. The topological polar surface area (TPSA) is 110 Å². The zero-order valence-electron chi connectivity index (χ0n) is 18.1. The molecule has 0 amide bonds. The van der Waals surface area contributed by atoms with Crippen LogP contribution in [-0.2, 0) is 35.3 Å². The normalized spacial score (nSPS) is 11.3. The Morgan fingerprint density at radius 3 is 1.53 bits per heavy atom. The first-order valence-electron chi connectivity index (χ1n) is 10.3. The Morgan fingerprint density at radius 1 is 0.750 bits per heavy atom. The Balaban J connectivity index is 1.21. The summed E-state index contributed by atoms with van der Waals surface area (Å²) in [6.45, 7) is 0. The molecule has 0 radical (unpaired) electrons. The van der Waals surface area contributed by atoms with Gasteiger partial charge in [0.1, 0.15) is 0 Å². The van der Waals surface area contributed by atoms with E-state index < -0.39 is 11.9 Å². The molecule has 0 aliphatic heterocycles. The summed E-state index contributed by atoms with van der Waals surface area (Å²) in [6, 6.07) is 0.110. The van der Waals surface area contributed by atoms with E-state index in [-0.39, 0.29) is 12.0 Å². The van der Waals surface area contributed by atoms with Crippen molar-refractivity contribution < 1.29 is 19.1 Å². The second kappa shape index (κ2) is 12.8. The van der Waals surface area contributed by atoms with Crippen LogP contribution in [0.4, 0.5) is 0 Å². The Labute approximate surface area is 247 Å². The standard InChI is InChI=1S/C22H16Br4N4O4S2/c23-13-9-35-15(19(13)25)3-1-11-7-27-21(29-11)33-17(31)5-6-18(32)34-22-28-8-12(30-22)2-4-16-20(26)14(24)10-36-16/h5-10H,1-4H2,(H,27,29)(H,28,30)/b6-5+. The van der Waals surface area contributed by atoms with Gasteiger partial charge in [0, 0.05) is 61.9 Å². The molecule has 0 saturated heterocycles. The molecule has 8 nitrogen and oxygen atoms in total. The van der Waals surface area contributed by atoms with Crippen LogP contribution in [0.5, 0.6) is 12.0 Å².